The summed E-state index contributed by atoms with van der Waals surface area (Å²) in [5.41, 5.74) is -0.368. The van der Waals surface area contributed by atoms with E-state index < -0.39 is 0 Å². The Balaban J connectivity index is 2.34. The van der Waals surface area contributed by atoms with Crippen LogP contribution in [0.5, 0.6) is 0 Å². The fourth-order valence-electron chi connectivity index (χ4n) is 0.650. The number of rotatable bonds is 2. The van der Waals surface area contributed by atoms with Crippen molar-refractivity contribution in [2.75, 3.05) is 6.61 Å². The lowest BCUT2D eigenvalue weighted by Gasteiger charge is -2.05. The van der Waals surface area contributed by atoms with Crippen LogP contribution in [0.25, 0.3) is 0 Å². The van der Waals surface area contributed by atoms with Gasteiger partial charge in [-0.15, -0.1) is 0 Å². The first-order chi connectivity index (χ1) is 4.74. The molecule has 0 spiro atoms. The van der Waals surface area contributed by atoms with Crippen LogP contribution in [-0.2, 0) is 14.3 Å². The summed E-state index contributed by atoms with van der Waals surface area (Å²) >= 11 is 1.40. The first-order valence-corrected chi connectivity index (χ1v) is 4.16. The summed E-state index contributed by atoms with van der Waals surface area (Å²) in [6.07, 6.45) is 0. The van der Waals surface area contributed by atoms with Gasteiger partial charge in [-0.3, -0.25) is 4.79 Å². The van der Waals surface area contributed by atoms with Crippen LogP contribution in [-0.4, -0.2) is 23.4 Å². The molecule has 1 fully saturated rings. The van der Waals surface area contributed by atoms with Crippen LogP contribution >= 0.6 is 11.8 Å². The highest BCUT2D eigenvalue weighted by atomic mass is 32.2. The fourth-order valence-corrected chi connectivity index (χ4v) is 1.52. The van der Waals surface area contributed by atoms with E-state index in [4.69, 9.17) is 9.47 Å². The third-order valence-electron chi connectivity index (χ3n) is 1.16. The predicted molar refractivity (Wildman–Crippen MR) is 38.6 cm³/mol. The van der Waals surface area contributed by atoms with Gasteiger partial charge in [0.05, 0.1) is 0 Å². The maximum absolute atomic E-state index is 10.7. The molecule has 0 bridgehead atoms. The van der Waals surface area contributed by atoms with E-state index in [0.717, 1.165) is 0 Å². The van der Waals surface area contributed by atoms with E-state index in [2.05, 4.69) is 0 Å². The van der Waals surface area contributed by atoms with Gasteiger partial charge in [0.1, 0.15) is 5.25 Å². The number of carbonyl (C=O) groups is 1. The van der Waals surface area contributed by atoms with Crippen molar-refractivity contribution in [1.82, 2.24) is 0 Å². The molecule has 0 aliphatic carbocycles. The first-order valence-electron chi connectivity index (χ1n) is 3.21. The molecule has 0 amide bonds. The minimum atomic E-state index is -0.368. The molecule has 4 heteroatoms. The van der Waals surface area contributed by atoms with Gasteiger partial charge in [-0.25, -0.2) is 0 Å². The number of hydrogen-bond donors (Lipinski definition) is 0. The minimum absolute atomic E-state index is 0.0726. The monoisotopic (exact) mass is 162 g/mol. The molecule has 1 aliphatic heterocycles. The lowest BCUT2D eigenvalue weighted by Crippen LogP contribution is -2.10. The fraction of sp³-hybridized carbons (Fsp3) is 0.833. The molecule has 1 saturated heterocycles. The third-order valence-corrected chi connectivity index (χ3v) is 2.22. The summed E-state index contributed by atoms with van der Waals surface area (Å²) < 4.78 is 9.88. The van der Waals surface area contributed by atoms with Crippen molar-refractivity contribution in [1.29, 1.82) is 0 Å². The summed E-state index contributed by atoms with van der Waals surface area (Å²) in [6.45, 7) is 4.26. The molecule has 3 nitrogen and oxygen atoms in total. The van der Waals surface area contributed by atoms with E-state index in [9.17, 15) is 4.79 Å². The van der Waals surface area contributed by atoms with Crippen LogP contribution in [0.4, 0.5) is 0 Å². The molecule has 1 heterocycles. The second kappa shape index (κ2) is 3.25. The van der Waals surface area contributed by atoms with Gasteiger partial charge in [-0.2, -0.15) is 0 Å². The number of cyclic esters (lactones) is 1. The number of ether oxygens (including phenoxy) is 2. The summed E-state index contributed by atoms with van der Waals surface area (Å²) in [4.78, 5) is 10.7. The molecule has 58 valence electrons. The number of carbonyl (C=O) groups excluding carboxylic acids is 1. The van der Waals surface area contributed by atoms with E-state index in [0.29, 0.717) is 6.61 Å². The zero-order valence-corrected chi connectivity index (χ0v) is 6.81. The van der Waals surface area contributed by atoms with Gasteiger partial charge >= 0.3 is 5.97 Å². The molecule has 1 aliphatic rings. The molecule has 0 unspecified atom stereocenters. The van der Waals surface area contributed by atoms with Gasteiger partial charge in [-0.1, -0.05) is 11.8 Å². The average Bonchev–Trinajstić information content (AvgIpc) is 2.14. The summed E-state index contributed by atoms with van der Waals surface area (Å²) in [5.74, 6) is -0.177. The van der Waals surface area contributed by atoms with Crippen LogP contribution in [0.15, 0.2) is 0 Å². The Kier molecular flexibility index (Phi) is 2.56. The summed E-state index contributed by atoms with van der Waals surface area (Å²) in [5, 5.41) is -0.0726. The molecule has 0 saturated carbocycles. The number of hydrogen-bond acceptors (Lipinski definition) is 4. The molecule has 1 rings (SSSR count). The maximum Gasteiger partial charge on any atom is 0.321 e. The Morgan fingerprint density at radius 1 is 1.80 bits per heavy atom. The molecular formula is C6H10O3S. The Morgan fingerprint density at radius 2 is 2.50 bits per heavy atom. The van der Waals surface area contributed by atoms with Gasteiger partial charge in [0.25, 0.3) is 5.62 Å². The van der Waals surface area contributed by atoms with E-state index in [-0.39, 0.29) is 16.8 Å². The molecule has 0 N–H and O–H groups in total. The zero-order chi connectivity index (χ0) is 7.56. The Morgan fingerprint density at radius 3 is 2.90 bits per heavy atom. The minimum Gasteiger partial charge on any atom is -0.425 e. The van der Waals surface area contributed by atoms with Crippen molar-refractivity contribution in [2.45, 2.75) is 24.7 Å². The summed E-state index contributed by atoms with van der Waals surface area (Å²) in [7, 11) is 0. The van der Waals surface area contributed by atoms with E-state index >= 15 is 0 Å². The highest BCUT2D eigenvalue weighted by molar-refractivity contribution is 8.01. The average molecular weight is 162 g/mol. The van der Waals surface area contributed by atoms with Gasteiger partial charge in [-0.05, 0) is 13.8 Å². The van der Waals surface area contributed by atoms with Gasteiger partial charge < -0.3 is 9.47 Å². The topological polar surface area (TPSA) is 35.5 Å². The van der Waals surface area contributed by atoms with Crippen LogP contribution < -0.4 is 0 Å². The van der Waals surface area contributed by atoms with E-state index in [1.165, 1.54) is 11.8 Å². The van der Waals surface area contributed by atoms with Crippen LogP contribution in [0.3, 0.4) is 0 Å². The first kappa shape index (κ1) is 7.88. The highest BCUT2D eigenvalue weighted by Crippen LogP contribution is 2.28. The van der Waals surface area contributed by atoms with Crippen molar-refractivity contribution in [2.24, 2.45) is 0 Å². The standard InChI is InChI=1S/C6H10O3S/c1-3-8-6-9-5(7)4(2)10-6/h4,6H,3H2,1-2H3/t4-,6+/m0/s1. The zero-order valence-electron chi connectivity index (χ0n) is 5.99. The second-order valence-corrected chi connectivity index (χ2v) is 3.32. The largest absolute Gasteiger partial charge is 0.425 e. The lowest BCUT2D eigenvalue weighted by molar-refractivity contribution is -0.155. The quantitative estimate of drug-likeness (QED) is 0.567. The molecule has 10 heavy (non-hydrogen) atoms. The summed E-state index contributed by atoms with van der Waals surface area (Å²) in [6, 6.07) is 0. The molecule has 0 aromatic rings. The molecule has 0 aromatic heterocycles. The normalized spacial score (nSPS) is 32.4. The van der Waals surface area contributed by atoms with Crippen LogP contribution in [0.1, 0.15) is 13.8 Å². The molecule has 0 radical (unpaired) electrons. The van der Waals surface area contributed by atoms with E-state index in [1.54, 1.807) is 0 Å². The Bertz CT molecular complexity index is 137. The van der Waals surface area contributed by atoms with Gasteiger partial charge in [0.15, 0.2) is 0 Å². The second-order valence-electron chi connectivity index (χ2n) is 1.96. The molecular weight excluding hydrogens is 152 g/mol. The van der Waals surface area contributed by atoms with Crippen molar-refractivity contribution >= 4 is 17.7 Å². The lowest BCUT2D eigenvalue weighted by atomic mass is 10.5. The smallest absolute Gasteiger partial charge is 0.321 e. The Labute approximate surface area is 64.1 Å². The van der Waals surface area contributed by atoms with Gasteiger partial charge in [0, 0.05) is 6.61 Å². The van der Waals surface area contributed by atoms with Crippen molar-refractivity contribution in [3.05, 3.63) is 0 Å². The van der Waals surface area contributed by atoms with Crippen LogP contribution in [0.2, 0.25) is 0 Å². The van der Waals surface area contributed by atoms with Crippen molar-refractivity contribution < 1.29 is 14.3 Å². The Hall–Kier alpha value is -0.220. The predicted octanol–water partition coefficient (Wildman–Crippen LogP) is 0.985. The molecule has 0 aromatic carbocycles. The molecule has 2 atom stereocenters. The number of esters is 1. The maximum atomic E-state index is 10.7. The SMILES string of the molecule is CCO[C@@H]1OC(=O)[C@H](C)S1. The van der Waals surface area contributed by atoms with Crippen molar-refractivity contribution in [3.8, 4) is 0 Å². The highest BCUT2D eigenvalue weighted by Gasteiger charge is 2.31. The number of thioether (sulfide) groups is 1. The third kappa shape index (κ3) is 1.64. The van der Waals surface area contributed by atoms with Crippen molar-refractivity contribution in [3.63, 3.8) is 0 Å². The van der Waals surface area contributed by atoms with Gasteiger partial charge in [0.2, 0.25) is 0 Å². The van der Waals surface area contributed by atoms with Crippen LogP contribution in [0, 0.1) is 0 Å². The van der Waals surface area contributed by atoms with E-state index in [1.807, 2.05) is 13.8 Å².